The Morgan fingerprint density at radius 2 is 2.11 bits per heavy atom. The van der Waals surface area contributed by atoms with E-state index in [0.29, 0.717) is 13.2 Å². The molecule has 2 atom stereocenters. The lowest BCUT2D eigenvalue weighted by Gasteiger charge is -2.36. The van der Waals surface area contributed by atoms with Gasteiger partial charge in [-0.1, -0.05) is 0 Å². The quantitative estimate of drug-likeness (QED) is 0.807. The van der Waals surface area contributed by atoms with Crippen LogP contribution in [0.3, 0.4) is 0 Å². The van der Waals surface area contributed by atoms with E-state index in [0.717, 1.165) is 38.7 Å². The van der Waals surface area contributed by atoms with Gasteiger partial charge in [0.2, 0.25) is 0 Å². The summed E-state index contributed by atoms with van der Waals surface area (Å²) >= 11 is 0. The van der Waals surface area contributed by atoms with Crippen molar-refractivity contribution in [2.75, 3.05) is 19.8 Å². The number of nitrogens with zero attached hydrogens (tertiary/aromatic N) is 1. The van der Waals surface area contributed by atoms with Crippen LogP contribution in [-0.2, 0) is 9.53 Å². The number of likely N-dealkylation sites (tertiary alicyclic amines) is 1. The normalized spacial score (nSPS) is 27.9. The number of ether oxygens (including phenoxy) is 1. The van der Waals surface area contributed by atoms with Gasteiger partial charge in [0, 0.05) is 19.2 Å². The Hall–Kier alpha value is -1.30. The Morgan fingerprint density at radius 3 is 2.79 bits per heavy atom. The zero-order valence-electron chi connectivity index (χ0n) is 11.1. The summed E-state index contributed by atoms with van der Waals surface area (Å²) in [6.45, 7) is 1.97. The van der Waals surface area contributed by atoms with Crippen molar-refractivity contribution in [3.63, 3.8) is 0 Å². The zero-order valence-corrected chi connectivity index (χ0v) is 11.1. The summed E-state index contributed by atoms with van der Waals surface area (Å²) in [5.74, 6) is -0.842. The summed E-state index contributed by atoms with van der Waals surface area (Å²) in [5.41, 5.74) is 0. The third-order valence-corrected chi connectivity index (χ3v) is 3.79. The Morgan fingerprint density at radius 1 is 1.26 bits per heavy atom. The van der Waals surface area contributed by atoms with Gasteiger partial charge in [-0.05, 0) is 32.1 Å². The number of nitrogens with one attached hydrogen (secondary N) is 1. The first-order valence-corrected chi connectivity index (χ1v) is 7.03. The van der Waals surface area contributed by atoms with Gasteiger partial charge in [0.1, 0.15) is 0 Å². The van der Waals surface area contributed by atoms with E-state index in [-0.39, 0.29) is 24.5 Å². The molecule has 2 aliphatic rings. The van der Waals surface area contributed by atoms with Crippen molar-refractivity contribution in [1.29, 1.82) is 0 Å². The molecule has 0 spiro atoms. The van der Waals surface area contributed by atoms with Crippen molar-refractivity contribution in [3.8, 4) is 0 Å². The molecule has 108 valence electrons. The van der Waals surface area contributed by atoms with Crippen LogP contribution in [0, 0.1) is 0 Å². The lowest BCUT2D eigenvalue weighted by atomic mass is 10.00. The van der Waals surface area contributed by atoms with Crippen LogP contribution < -0.4 is 5.32 Å². The van der Waals surface area contributed by atoms with Crippen molar-refractivity contribution in [2.45, 2.75) is 50.6 Å². The minimum absolute atomic E-state index is 0.0363. The first kappa shape index (κ1) is 14.1. The van der Waals surface area contributed by atoms with Crippen molar-refractivity contribution >= 4 is 12.0 Å². The van der Waals surface area contributed by atoms with E-state index in [1.807, 2.05) is 0 Å². The highest BCUT2D eigenvalue weighted by Crippen LogP contribution is 2.20. The average Bonchev–Trinajstić information content (AvgIpc) is 2.39. The largest absolute Gasteiger partial charge is 0.481 e. The van der Waals surface area contributed by atoms with Crippen LogP contribution >= 0.6 is 0 Å². The highest BCUT2D eigenvalue weighted by Gasteiger charge is 2.29. The van der Waals surface area contributed by atoms with Crippen LogP contribution in [0.15, 0.2) is 0 Å². The number of aliphatic carboxylic acids is 1. The Bertz CT molecular complexity index is 329. The van der Waals surface area contributed by atoms with E-state index < -0.39 is 5.97 Å². The topological polar surface area (TPSA) is 78.9 Å². The van der Waals surface area contributed by atoms with E-state index in [4.69, 9.17) is 9.84 Å². The molecule has 0 radical (unpaired) electrons. The number of rotatable bonds is 3. The Balaban J connectivity index is 1.88. The van der Waals surface area contributed by atoms with Gasteiger partial charge in [-0.25, -0.2) is 4.79 Å². The second-order valence-corrected chi connectivity index (χ2v) is 5.30. The molecule has 0 aromatic carbocycles. The molecule has 6 nitrogen and oxygen atoms in total. The summed E-state index contributed by atoms with van der Waals surface area (Å²) < 4.78 is 5.33. The maximum absolute atomic E-state index is 12.2. The van der Waals surface area contributed by atoms with Crippen LogP contribution in [0.5, 0.6) is 0 Å². The standard InChI is InChI=1S/C13H22N2O4/c16-12(17)8-11-5-1-2-6-15(11)13(18)14-10-4-3-7-19-9-10/h10-11H,1-9H2,(H,14,18)(H,16,17). The number of amides is 2. The van der Waals surface area contributed by atoms with Crippen molar-refractivity contribution in [1.82, 2.24) is 10.2 Å². The number of piperidine rings is 1. The van der Waals surface area contributed by atoms with Crippen LogP contribution in [0.2, 0.25) is 0 Å². The fourth-order valence-electron chi connectivity index (χ4n) is 2.79. The van der Waals surface area contributed by atoms with Gasteiger partial charge in [0.05, 0.1) is 19.1 Å². The fourth-order valence-corrected chi connectivity index (χ4v) is 2.79. The molecule has 6 heteroatoms. The van der Waals surface area contributed by atoms with E-state index in [1.54, 1.807) is 4.90 Å². The number of urea groups is 1. The SMILES string of the molecule is O=C(O)CC1CCCCN1C(=O)NC1CCCOC1. The van der Waals surface area contributed by atoms with Gasteiger partial charge in [-0.3, -0.25) is 4.79 Å². The smallest absolute Gasteiger partial charge is 0.317 e. The molecule has 0 bridgehead atoms. The molecule has 19 heavy (non-hydrogen) atoms. The number of carbonyl (C=O) groups excluding carboxylic acids is 1. The summed E-state index contributed by atoms with van der Waals surface area (Å²) in [4.78, 5) is 24.8. The van der Waals surface area contributed by atoms with Gasteiger partial charge >= 0.3 is 12.0 Å². The second-order valence-electron chi connectivity index (χ2n) is 5.30. The molecule has 2 fully saturated rings. The number of carboxylic acids is 1. The van der Waals surface area contributed by atoms with E-state index >= 15 is 0 Å². The fraction of sp³-hybridized carbons (Fsp3) is 0.846. The first-order valence-electron chi connectivity index (χ1n) is 7.03. The monoisotopic (exact) mass is 270 g/mol. The van der Waals surface area contributed by atoms with E-state index in [1.165, 1.54) is 0 Å². The van der Waals surface area contributed by atoms with Crippen LogP contribution in [0.1, 0.15) is 38.5 Å². The van der Waals surface area contributed by atoms with Gasteiger partial charge < -0.3 is 20.1 Å². The highest BCUT2D eigenvalue weighted by atomic mass is 16.5. The molecular weight excluding hydrogens is 248 g/mol. The lowest BCUT2D eigenvalue weighted by Crippen LogP contribution is -2.53. The van der Waals surface area contributed by atoms with E-state index in [9.17, 15) is 9.59 Å². The number of carbonyl (C=O) groups is 2. The van der Waals surface area contributed by atoms with E-state index in [2.05, 4.69) is 5.32 Å². The molecule has 2 saturated heterocycles. The highest BCUT2D eigenvalue weighted by molar-refractivity contribution is 5.76. The number of hydrogen-bond donors (Lipinski definition) is 2. The minimum Gasteiger partial charge on any atom is -0.481 e. The average molecular weight is 270 g/mol. The van der Waals surface area contributed by atoms with Crippen LogP contribution in [0.25, 0.3) is 0 Å². The predicted molar refractivity (Wildman–Crippen MR) is 69.0 cm³/mol. The maximum Gasteiger partial charge on any atom is 0.317 e. The Labute approximate surface area is 113 Å². The predicted octanol–water partition coefficient (Wildman–Crippen LogP) is 1.20. The van der Waals surface area contributed by atoms with Gasteiger partial charge in [0.25, 0.3) is 0 Å². The molecule has 2 unspecified atom stereocenters. The molecule has 2 heterocycles. The van der Waals surface area contributed by atoms with Gasteiger partial charge in [-0.2, -0.15) is 0 Å². The molecule has 0 aliphatic carbocycles. The molecular formula is C13H22N2O4. The van der Waals surface area contributed by atoms with Gasteiger partial charge in [-0.15, -0.1) is 0 Å². The first-order chi connectivity index (χ1) is 9.16. The Kier molecular flexibility index (Phi) is 5.01. The minimum atomic E-state index is -0.842. The molecule has 0 aromatic heterocycles. The van der Waals surface area contributed by atoms with Crippen LogP contribution in [-0.4, -0.2) is 53.8 Å². The molecule has 2 N–H and O–H groups in total. The lowest BCUT2D eigenvalue weighted by molar-refractivity contribution is -0.138. The maximum atomic E-state index is 12.2. The summed E-state index contributed by atoms with van der Waals surface area (Å²) in [7, 11) is 0. The third kappa shape index (κ3) is 4.09. The zero-order chi connectivity index (χ0) is 13.7. The molecule has 2 amide bonds. The summed E-state index contributed by atoms with van der Waals surface area (Å²) in [5, 5.41) is 11.9. The molecule has 0 saturated carbocycles. The molecule has 2 aliphatic heterocycles. The summed E-state index contributed by atoms with van der Waals surface area (Å²) in [6.07, 6.45) is 4.65. The molecule has 2 rings (SSSR count). The second kappa shape index (κ2) is 6.75. The van der Waals surface area contributed by atoms with Crippen LogP contribution in [0.4, 0.5) is 4.79 Å². The third-order valence-electron chi connectivity index (χ3n) is 3.79. The number of hydrogen-bond acceptors (Lipinski definition) is 3. The van der Waals surface area contributed by atoms with Crippen molar-refractivity contribution < 1.29 is 19.4 Å². The number of carboxylic acid groups (broad SMARTS) is 1. The van der Waals surface area contributed by atoms with Crippen molar-refractivity contribution in [2.24, 2.45) is 0 Å². The van der Waals surface area contributed by atoms with Crippen molar-refractivity contribution in [3.05, 3.63) is 0 Å². The molecule has 0 aromatic rings. The van der Waals surface area contributed by atoms with Gasteiger partial charge in [0.15, 0.2) is 0 Å². The summed E-state index contributed by atoms with van der Waals surface area (Å²) in [6, 6.07) is -0.245.